The van der Waals surface area contributed by atoms with E-state index in [0.717, 1.165) is 18.0 Å². The number of carboxylic acid groups (broad SMARTS) is 1. The van der Waals surface area contributed by atoms with Crippen molar-refractivity contribution < 1.29 is 14.3 Å². The van der Waals surface area contributed by atoms with E-state index in [1.54, 1.807) is 6.07 Å². The molecule has 1 aliphatic rings. The number of nitrogens with one attached hydrogen (secondary N) is 1. The zero-order valence-corrected chi connectivity index (χ0v) is 11.9. The van der Waals surface area contributed by atoms with Crippen LogP contribution < -0.4 is 5.32 Å². The first-order chi connectivity index (χ1) is 9.58. The van der Waals surface area contributed by atoms with Crippen LogP contribution in [0.2, 0.25) is 0 Å². The first-order valence-corrected chi connectivity index (χ1v) is 7.30. The van der Waals surface area contributed by atoms with Crippen LogP contribution in [-0.4, -0.2) is 17.6 Å². The van der Waals surface area contributed by atoms with Crippen molar-refractivity contribution in [1.82, 2.24) is 5.32 Å². The van der Waals surface area contributed by atoms with Gasteiger partial charge in [-0.05, 0) is 42.5 Å². The SMILES string of the molecule is CC1CCCCC1CNCc1ccc(C(=O)O)c(F)c1. The smallest absolute Gasteiger partial charge is 0.338 e. The van der Waals surface area contributed by atoms with Gasteiger partial charge in [0.15, 0.2) is 0 Å². The Kier molecular flexibility index (Phi) is 5.12. The average Bonchev–Trinajstić information content (AvgIpc) is 2.40. The van der Waals surface area contributed by atoms with Crippen LogP contribution in [0.15, 0.2) is 18.2 Å². The molecule has 0 saturated heterocycles. The fourth-order valence-electron chi connectivity index (χ4n) is 2.94. The highest BCUT2D eigenvalue weighted by Crippen LogP contribution is 2.28. The van der Waals surface area contributed by atoms with Crippen LogP contribution in [-0.2, 0) is 6.54 Å². The quantitative estimate of drug-likeness (QED) is 0.868. The molecule has 0 heterocycles. The van der Waals surface area contributed by atoms with E-state index >= 15 is 0 Å². The first-order valence-electron chi connectivity index (χ1n) is 7.30. The molecule has 0 aromatic heterocycles. The van der Waals surface area contributed by atoms with Crippen LogP contribution in [0.5, 0.6) is 0 Å². The van der Waals surface area contributed by atoms with Gasteiger partial charge in [0.2, 0.25) is 0 Å². The monoisotopic (exact) mass is 279 g/mol. The molecule has 0 radical (unpaired) electrons. The van der Waals surface area contributed by atoms with E-state index in [0.29, 0.717) is 12.5 Å². The second-order valence-electron chi connectivity index (χ2n) is 5.77. The summed E-state index contributed by atoms with van der Waals surface area (Å²) in [5.74, 6) is -0.435. The summed E-state index contributed by atoms with van der Waals surface area (Å²) >= 11 is 0. The highest BCUT2D eigenvalue weighted by molar-refractivity contribution is 5.87. The van der Waals surface area contributed by atoms with Crippen LogP contribution in [0.1, 0.15) is 48.5 Å². The highest BCUT2D eigenvalue weighted by Gasteiger charge is 2.20. The molecule has 20 heavy (non-hydrogen) atoms. The summed E-state index contributed by atoms with van der Waals surface area (Å²) in [6.45, 7) is 3.83. The van der Waals surface area contributed by atoms with Crippen molar-refractivity contribution >= 4 is 5.97 Å². The molecule has 3 nitrogen and oxygen atoms in total. The number of aromatic carboxylic acids is 1. The van der Waals surface area contributed by atoms with Crippen LogP contribution in [0.3, 0.4) is 0 Å². The summed E-state index contributed by atoms with van der Waals surface area (Å²) in [4.78, 5) is 10.7. The lowest BCUT2D eigenvalue weighted by atomic mass is 9.80. The zero-order valence-electron chi connectivity index (χ0n) is 11.9. The summed E-state index contributed by atoms with van der Waals surface area (Å²) in [6, 6.07) is 4.31. The fraction of sp³-hybridized carbons (Fsp3) is 0.562. The Morgan fingerprint density at radius 2 is 2.15 bits per heavy atom. The molecule has 1 aliphatic carbocycles. The lowest BCUT2D eigenvalue weighted by Crippen LogP contribution is -2.29. The Morgan fingerprint density at radius 3 is 2.80 bits per heavy atom. The molecule has 0 aliphatic heterocycles. The molecule has 0 spiro atoms. The molecule has 1 saturated carbocycles. The van der Waals surface area contributed by atoms with Gasteiger partial charge in [-0.1, -0.05) is 32.3 Å². The zero-order chi connectivity index (χ0) is 14.5. The number of carbonyl (C=O) groups is 1. The number of benzene rings is 1. The van der Waals surface area contributed by atoms with Crippen LogP contribution in [0.25, 0.3) is 0 Å². The van der Waals surface area contributed by atoms with Crippen molar-refractivity contribution in [3.05, 3.63) is 35.1 Å². The van der Waals surface area contributed by atoms with E-state index < -0.39 is 11.8 Å². The van der Waals surface area contributed by atoms with Crippen molar-refractivity contribution in [1.29, 1.82) is 0 Å². The lowest BCUT2D eigenvalue weighted by Gasteiger charge is -2.28. The van der Waals surface area contributed by atoms with Crippen molar-refractivity contribution in [2.75, 3.05) is 6.54 Å². The number of carboxylic acids is 1. The van der Waals surface area contributed by atoms with Gasteiger partial charge in [-0.15, -0.1) is 0 Å². The predicted octanol–water partition coefficient (Wildman–Crippen LogP) is 3.44. The van der Waals surface area contributed by atoms with E-state index in [4.69, 9.17) is 5.11 Å². The Bertz CT molecular complexity index is 476. The maximum Gasteiger partial charge on any atom is 0.338 e. The molecule has 2 unspecified atom stereocenters. The summed E-state index contributed by atoms with van der Waals surface area (Å²) < 4.78 is 13.5. The third-order valence-corrected chi connectivity index (χ3v) is 4.29. The van der Waals surface area contributed by atoms with Gasteiger partial charge in [0, 0.05) is 6.54 Å². The van der Waals surface area contributed by atoms with Crippen molar-refractivity contribution in [2.24, 2.45) is 11.8 Å². The van der Waals surface area contributed by atoms with Gasteiger partial charge in [0.05, 0.1) is 5.56 Å². The van der Waals surface area contributed by atoms with Gasteiger partial charge in [0.1, 0.15) is 5.82 Å². The van der Waals surface area contributed by atoms with Gasteiger partial charge < -0.3 is 10.4 Å². The first kappa shape index (κ1) is 15.0. The molecule has 4 heteroatoms. The van der Waals surface area contributed by atoms with E-state index in [1.807, 2.05) is 0 Å². The summed E-state index contributed by atoms with van der Waals surface area (Å²) in [5.41, 5.74) is 0.519. The molecule has 1 fully saturated rings. The van der Waals surface area contributed by atoms with Crippen molar-refractivity contribution in [3.8, 4) is 0 Å². The maximum atomic E-state index is 13.5. The molecule has 2 rings (SSSR count). The number of rotatable bonds is 5. The van der Waals surface area contributed by atoms with E-state index in [9.17, 15) is 9.18 Å². The minimum atomic E-state index is -1.22. The van der Waals surface area contributed by atoms with Gasteiger partial charge in [0.25, 0.3) is 0 Å². The molecule has 0 bridgehead atoms. The van der Waals surface area contributed by atoms with Crippen LogP contribution >= 0.6 is 0 Å². The Morgan fingerprint density at radius 1 is 1.40 bits per heavy atom. The number of halogens is 1. The second-order valence-corrected chi connectivity index (χ2v) is 5.77. The largest absolute Gasteiger partial charge is 0.478 e. The molecule has 1 aromatic rings. The molecular weight excluding hydrogens is 257 g/mol. The molecule has 1 aromatic carbocycles. The van der Waals surface area contributed by atoms with Crippen molar-refractivity contribution in [3.63, 3.8) is 0 Å². The molecule has 2 N–H and O–H groups in total. The lowest BCUT2D eigenvalue weighted by molar-refractivity contribution is 0.0692. The molecule has 110 valence electrons. The van der Waals surface area contributed by atoms with Gasteiger partial charge in [-0.3, -0.25) is 0 Å². The Hall–Kier alpha value is -1.42. The summed E-state index contributed by atoms with van der Waals surface area (Å²) in [5, 5.41) is 12.1. The van der Waals surface area contributed by atoms with Crippen molar-refractivity contribution in [2.45, 2.75) is 39.2 Å². The maximum absolute atomic E-state index is 13.5. The summed E-state index contributed by atoms with van der Waals surface area (Å²) in [6.07, 6.45) is 5.20. The number of hydrogen-bond donors (Lipinski definition) is 2. The van der Waals surface area contributed by atoms with E-state index in [1.165, 1.54) is 37.8 Å². The normalized spacial score (nSPS) is 22.7. The van der Waals surface area contributed by atoms with E-state index in [-0.39, 0.29) is 5.56 Å². The molecule has 2 atom stereocenters. The third-order valence-electron chi connectivity index (χ3n) is 4.29. The van der Waals surface area contributed by atoms with Crippen LogP contribution in [0.4, 0.5) is 4.39 Å². The Labute approximate surface area is 119 Å². The van der Waals surface area contributed by atoms with Gasteiger partial charge in [-0.25, -0.2) is 9.18 Å². The standard InChI is InChI=1S/C16H22FNO2/c1-11-4-2-3-5-13(11)10-18-9-12-6-7-14(16(19)20)15(17)8-12/h6-8,11,13,18H,2-5,9-10H2,1H3,(H,19,20). The second kappa shape index (κ2) is 6.84. The molecular formula is C16H22FNO2. The average molecular weight is 279 g/mol. The predicted molar refractivity (Wildman–Crippen MR) is 76.2 cm³/mol. The molecule has 0 amide bonds. The summed E-state index contributed by atoms with van der Waals surface area (Å²) in [7, 11) is 0. The minimum absolute atomic E-state index is 0.269. The fourth-order valence-corrected chi connectivity index (χ4v) is 2.94. The van der Waals surface area contributed by atoms with Gasteiger partial charge >= 0.3 is 5.97 Å². The number of hydrogen-bond acceptors (Lipinski definition) is 2. The van der Waals surface area contributed by atoms with E-state index in [2.05, 4.69) is 12.2 Å². The minimum Gasteiger partial charge on any atom is -0.478 e. The Balaban J connectivity index is 1.85. The third kappa shape index (κ3) is 3.79. The van der Waals surface area contributed by atoms with Crippen LogP contribution in [0, 0.1) is 17.7 Å². The highest BCUT2D eigenvalue weighted by atomic mass is 19.1. The topological polar surface area (TPSA) is 49.3 Å². The van der Waals surface area contributed by atoms with Gasteiger partial charge in [-0.2, -0.15) is 0 Å².